The van der Waals surface area contributed by atoms with Crippen molar-refractivity contribution in [1.82, 2.24) is 31.9 Å². The fraction of sp³-hybridized carbons (Fsp3) is 0.667. The molecule has 1 saturated heterocycles. The summed E-state index contributed by atoms with van der Waals surface area (Å²) in [6, 6.07) is 2.72. The molecule has 1 heterocycles. The number of carbonyl (C=O) groups excluding carboxylic acids is 6. The zero-order valence-electron chi connectivity index (χ0n) is 30.4. The Morgan fingerprint density at radius 1 is 0.620 bits per heavy atom. The number of unbranched alkanes of at least 4 members (excludes halogenated alkanes) is 1. The van der Waals surface area contributed by atoms with Crippen molar-refractivity contribution in [1.29, 1.82) is 0 Å². The molecule has 0 aromatic heterocycles. The number of nitrogens with one attached hydrogen (secondary N) is 6. The third-order valence-corrected chi connectivity index (χ3v) is 9.60. The predicted octanol–water partition coefficient (Wildman–Crippen LogP) is 1.35. The van der Waals surface area contributed by atoms with Crippen LogP contribution in [0.2, 0.25) is 0 Å². The van der Waals surface area contributed by atoms with Crippen LogP contribution in [-0.2, 0) is 35.2 Å². The molecule has 0 unspecified atom stereocenters. The molecule has 1 aromatic rings. The Labute approximate surface area is 302 Å². The first-order valence-corrected chi connectivity index (χ1v) is 18.6. The molecule has 280 valence electrons. The van der Waals surface area contributed by atoms with Crippen LogP contribution < -0.4 is 37.6 Å². The van der Waals surface area contributed by atoms with Crippen molar-refractivity contribution in [3.05, 3.63) is 35.9 Å². The molecule has 1 aromatic carbocycles. The molecular weight excluding hydrogens is 659 g/mol. The molecule has 14 heteroatoms. The largest absolute Gasteiger partial charge is 0.343 e. The van der Waals surface area contributed by atoms with Crippen LogP contribution >= 0.6 is 12.6 Å². The van der Waals surface area contributed by atoms with E-state index in [1.54, 1.807) is 0 Å². The summed E-state index contributed by atoms with van der Waals surface area (Å²) in [5.74, 6) is -4.26. The average Bonchev–Trinajstić information content (AvgIpc) is 3.09. The summed E-state index contributed by atoms with van der Waals surface area (Å²) in [6.07, 6.45) is 2.81. The zero-order valence-corrected chi connectivity index (χ0v) is 31.3. The van der Waals surface area contributed by atoms with E-state index in [-0.39, 0.29) is 42.8 Å². The summed E-state index contributed by atoms with van der Waals surface area (Å²) in [4.78, 5) is 82.9. The highest BCUT2D eigenvalue weighted by atomic mass is 32.1. The van der Waals surface area contributed by atoms with Crippen molar-refractivity contribution >= 4 is 48.1 Å². The molecule has 8 atom stereocenters. The average molecular weight is 718 g/mol. The topological polar surface area (TPSA) is 201 Å². The van der Waals surface area contributed by atoms with Gasteiger partial charge in [-0.05, 0) is 55.5 Å². The molecule has 8 N–H and O–H groups in total. The summed E-state index contributed by atoms with van der Waals surface area (Å²) < 4.78 is 0. The summed E-state index contributed by atoms with van der Waals surface area (Å²) in [6.45, 7) is 11.6. The molecule has 0 aliphatic carbocycles. The Kier molecular flexibility index (Phi) is 18.3. The molecule has 1 aliphatic rings. The first-order chi connectivity index (χ1) is 23.8. The number of nitrogens with two attached hydrogens (primary N) is 1. The number of rotatable bonds is 13. The van der Waals surface area contributed by atoms with E-state index in [1.165, 1.54) is 0 Å². The van der Waals surface area contributed by atoms with Crippen molar-refractivity contribution in [2.75, 3.05) is 12.3 Å². The predicted molar refractivity (Wildman–Crippen MR) is 197 cm³/mol. The molecule has 6 amide bonds. The number of thiol groups is 1. The number of hydrogen-bond acceptors (Lipinski definition) is 8. The first kappa shape index (κ1) is 42.5. The number of benzene rings is 1. The lowest BCUT2D eigenvalue weighted by Gasteiger charge is -2.32. The number of amides is 6. The fourth-order valence-electron chi connectivity index (χ4n) is 5.70. The summed E-state index contributed by atoms with van der Waals surface area (Å²) in [5, 5.41) is 16.8. The summed E-state index contributed by atoms with van der Waals surface area (Å²) in [7, 11) is 0. The molecule has 1 fully saturated rings. The molecule has 0 bridgehead atoms. The van der Waals surface area contributed by atoms with Gasteiger partial charge in [-0.3, -0.25) is 28.8 Å². The van der Waals surface area contributed by atoms with E-state index in [4.69, 9.17) is 5.73 Å². The Bertz CT molecular complexity index is 1280. The fourth-order valence-corrected chi connectivity index (χ4v) is 5.95. The van der Waals surface area contributed by atoms with Gasteiger partial charge in [0, 0.05) is 12.2 Å². The van der Waals surface area contributed by atoms with E-state index >= 15 is 0 Å². The Morgan fingerprint density at radius 3 is 1.62 bits per heavy atom. The third-order valence-electron chi connectivity index (χ3n) is 9.24. The third kappa shape index (κ3) is 13.2. The summed E-state index contributed by atoms with van der Waals surface area (Å²) >= 11 is 4.32. The van der Waals surface area contributed by atoms with Crippen molar-refractivity contribution < 1.29 is 28.8 Å². The van der Waals surface area contributed by atoms with E-state index in [0.29, 0.717) is 32.2 Å². The lowest BCUT2D eigenvalue weighted by molar-refractivity contribution is -0.137. The second kappa shape index (κ2) is 21.5. The van der Waals surface area contributed by atoms with Crippen LogP contribution in [0.1, 0.15) is 85.6 Å². The normalized spacial score (nSPS) is 25.9. The van der Waals surface area contributed by atoms with Crippen molar-refractivity contribution in [3.8, 4) is 0 Å². The molecule has 13 nitrogen and oxygen atoms in total. The van der Waals surface area contributed by atoms with Gasteiger partial charge in [0.2, 0.25) is 35.4 Å². The summed E-state index contributed by atoms with van der Waals surface area (Å²) in [5.41, 5.74) is 6.46. The zero-order chi connectivity index (χ0) is 37.4. The SMILES string of the molecule is CC[C@H](C)[C@@H]1NC(=O)[C@H](CC(C)C)NC(=O)[C@H](CCCCN)NC(=O)[C@H](CS)NC(=O)[C@H](Cc2ccccc2)NC(=O)[C@H]([C@@H](C)CC)NC1=O. The van der Waals surface area contributed by atoms with Gasteiger partial charge in [0.1, 0.15) is 36.3 Å². The Hall–Kier alpha value is -3.65. The Balaban J connectivity index is 2.65. The first-order valence-electron chi connectivity index (χ1n) is 17.9. The molecule has 0 radical (unpaired) electrons. The highest BCUT2D eigenvalue weighted by Gasteiger charge is 2.37. The second-order valence-electron chi connectivity index (χ2n) is 13.8. The molecule has 0 spiro atoms. The maximum absolute atomic E-state index is 14.0. The van der Waals surface area contributed by atoms with Gasteiger partial charge in [-0.15, -0.1) is 0 Å². The van der Waals surface area contributed by atoms with Gasteiger partial charge in [0.25, 0.3) is 0 Å². The minimum atomic E-state index is -1.15. The van der Waals surface area contributed by atoms with Gasteiger partial charge in [-0.2, -0.15) is 12.6 Å². The standard InChI is InChI=1S/C36H59N7O6S/c1-7-22(5)29-35(48)40-27(19-24-14-10-9-11-15-24)32(45)41-28(20-50)34(47)38-25(16-12-13-17-37)31(44)39-26(18-21(3)4)33(46)42-30(23(6)8-2)36(49)43-29/h9-11,14-15,21-23,25-30,50H,7-8,12-13,16-20,37H2,1-6H3,(H,38,47)(H,39,44)(H,40,48)(H,41,45)(H,42,46)(H,43,49)/t22-,23-,25-,26-,27-,28-,29-,30-/m0/s1. The number of carbonyl (C=O) groups is 6. The maximum atomic E-state index is 14.0. The highest BCUT2D eigenvalue weighted by molar-refractivity contribution is 7.80. The van der Waals surface area contributed by atoms with Crippen LogP contribution in [0, 0.1) is 17.8 Å². The van der Waals surface area contributed by atoms with Crippen LogP contribution in [0.5, 0.6) is 0 Å². The lowest BCUT2D eigenvalue weighted by atomic mass is 9.93. The highest BCUT2D eigenvalue weighted by Crippen LogP contribution is 2.15. The van der Waals surface area contributed by atoms with Crippen LogP contribution in [-0.4, -0.2) is 84.0 Å². The van der Waals surface area contributed by atoms with Crippen LogP contribution in [0.15, 0.2) is 30.3 Å². The van der Waals surface area contributed by atoms with Gasteiger partial charge in [-0.25, -0.2) is 0 Å². The smallest absolute Gasteiger partial charge is 0.244 e. The van der Waals surface area contributed by atoms with Crippen LogP contribution in [0.3, 0.4) is 0 Å². The van der Waals surface area contributed by atoms with E-state index in [9.17, 15) is 28.8 Å². The Morgan fingerprint density at radius 2 is 1.08 bits per heavy atom. The molecule has 1 aliphatic heterocycles. The molecule has 2 rings (SSSR count). The van der Waals surface area contributed by atoms with Gasteiger partial charge in [0.05, 0.1) is 0 Å². The van der Waals surface area contributed by atoms with Crippen LogP contribution in [0.25, 0.3) is 0 Å². The van der Waals surface area contributed by atoms with Crippen LogP contribution in [0.4, 0.5) is 0 Å². The quantitative estimate of drug-likeness (QED) is 0.111. The maximum Gasteiger partial charge on any atom is 0.244 e. The minimum Gasteiger partial charge on any atom is -0.343 e. The van der Waals surface area contributed by atoms with Gasteiger partial charge >= 0.3 is 0 Å². The van der Waals surface area contributed by atoms with Gasteiger partial charge < -0.3 is 37.6 Å². The van der Waals surface area contributed by atoms with E-state index in [0.717, 1.165) is 5.56 Å². The molecule has 0 saturated carbocycles. The van der Waals surface area contributed by atoms with Gasteiger partial charge in [-0.1, -0.05) is 84.7 Å². The second-order valence-corrected chi connectivity index (χ2v) is 14.1. The van der Waals surface area contributed by atoms with E-state index < -0.39 is 71.7 Å². The van der Waals surface area contributed by atoms with Crippen molar-refractivity contribution in [2.45, 2.75) is 123 Å². The van der Waals surface area contributed by atoms with Crippen molar-refractivity contribution in [3.63, 3.8) is 0 Å². The lowest BCUT2D eigenvalue weighted by Crippen LogP contribution is -2.63. The monoisotopic (exact) mass is 717 g/mol. The van der Waals surface area contributed by atoms with E-state index in [2.05, 4.69) is 44.5 Å². The number of hydrogen-bond donors (Lipinski definition) is 8. The minimum absolute atomic E-state index is 0.00356. The van der Waals surface area contributed by atoms with E-state index in [1.807, 2.05) is 71.9 Å². The van der Waals surface area contributed by atoms with Crippen molar-refractivity contribution in [2.24, 2.45) is 23.5 Å². The van der Waals surface area contributed by atoms with Gasteiger partial charge in [0.15, 0.2) is 0 Å². The molecule has 50 heavy (non-hydrogen) atoms. The molecular formula is C36H59N7O6S.